The first-order valence-electron chi connectivity index (χ1n) is 13.8. The lowest BCUT2D eigenvalue weighted by Gasteiger charge is -2.35. The van der Waals surface area contributed by atoms with E-state index < -0.39 is 0 Å². The molecule has 0 radical (unpaired) electrons. The van der Waals surface area contributed by atoms with Crippen molar-refractivity contribution in [2.45, 2.75) is 59.8 Å². The average Bonchev–Trinajstić information content (AvgIpc) is 3.33. The Morgan fingerprint density at radius 3 is 2.14 bits per heavy atom. The number of aromatic nitrogens is 1. The second-order valence-corrected chi connectivity index (χ2v) is 12.1. The lowest BCUT2D eigenvalue weighted by atomic mass is 9.67. The SMILES string of the molecule is Cc1ccc(-c2c(C)ccc3c2oc2c4c(ccc23)-c2ccccc2C4(CC(C)C)CC(C)C)[n+](C)c1. The Morgan fingerprint density at radius 2 is 1.43 bits per heavy atom. The topological polar surface area (TPSA) is 17.0 Å². The standard InChI is InChI=1S/C35H38NO/c1-21(2)18-35(19-22(3)4)29-11-9-8-10-25(29)26-15-16-28-27-14-13-24(6)31(33(27)37-34(28)32(26)35)30-17-12-23(5)20-36(30)7/h8-17,20-22H,18-19H2,1-7H3/q+1. The second kappa shape index (κ2) is 8.58. The minimum atomic E-state index is -0.0502. The van der Waals surface area contributed by atoms with Crippen LogP contribution in [0.25, 0.3) is 44.3 Å². The van der Waals surface area contributed by atoms with Crippen LogP contribution in [0.3, 0.4) is 0 Å². The maximum atomic E-state index is 7.08. The van der Waals surface area contributed by atoms with Crippen LogP contribution in [0.15, 0.2) is 71.3 Å². The zero-order valence-electron chi connectivity index (χ0n) is 23.3. The van der Waals surface area contributed by atoms with Crippen molar-refractivity contribution in [3.63, 3.8) is 0 Å². The lowest BCUT2D eigenvalue weighted by molar-refractivity contribution is -0.660. The number of nitrogens with zero attached hydrogens (tertiary/aromatic N) is 1. The molecule has 1 aliphatic rings. The predicted octanol–water partition coefficient (Wildman–Crippen LogP) is 9.05. The molecule has 0 bridgehead atoms. The molecule has 6 rings (SSSR count). The van der Waals surface area contributed by atoms with Crippen LogP contribution in [0.5, 0.6) is 0 Å². The number of benzene rings is 3. The molecule has 2 nitrogen and oxygen atoms in total. The first-order valence-corrected chi connectivity index (χ1v) is 13.8. The molecule has 0 amide bonds. The highest BCUT2D eigenvalue weighted by Crippen LogP contribution is 2.58. The monoisotopic (exact) mass is 488 g/mol. The van der Waals surface area contributed by atoms with E-state index in [1.54, 1.807) is 0 Å². The van der Waals surface area contributed by atoms with E-state index in [9.17, 15) is 0 Å². The van der Waals surface area contributed by atoms with Crippen molar-refractivity contribution >= 4 is 21.9 Å². The summed E-state index contributed by atoms with van der Waals surface area (Å²) in [4.78, 5) is 0. The van der Waals surface area contributed by atoms with Crippen molar-refractivity contribution in [3.8, 4) is 22.4 Å². The number of rotatable bonds is 5. The van der Waals surface area contributed by atoms with E-state index in [0.717, 1.165) is 24.0 Å². The van der Waals surface area contributed by atoms with Crippen LogP contribution < -0.4 is 4.57 Å². The molecule has 3 aromatic carbocycles. The summed E-state index contributed by atoms with van der Waals surface area (Å²) < 4.78 is 9.31. The van der Waals surface area contributed by atoms with E-state index in [2.05, 4.69) is 120 Å². The Balaban J connectivity index is 1.73. The van der Waals surface area contributed by atoms with Gasteiger partial charge in [0, 0.05) is 33.4 Å². The fraction of sp³-hybridized carbons (Fsp3) is 0.343. The summed E-state index contributed by atoms with van der Waals surface area (Å²) >= 11 is 0. The number of fused-ring (bicyclic) bond motifs is 7. The minimum absolute atomic E-state index is 0.0502. The maximum Gasteiger partial charge on any atom is 0.216 e. The summed E-state index contributed by atoms with van der Waals surface area (Å²) in [6.07, 6.45) is 4.43. The van der Waals surface area contributed by atoms with Crippen molar-refractivity contribution in [3.05, 3.63) is 89.1 Å². The zero-order valence-corrected chi connectivity index (χ0v) is 23.3. The average molecular weight is 489 g/mol. The molecule has 0 saturated carbocycles. The first kappa shape index (κ1) is 24.0. The molecule has 1 aliphatic carbocycles. The highest BCUT2D eigenvalue weighted by molar-refractivity contribution is 6.12. The van der Waals surface area contributed by atoms with E-state index in [4.69, 9.17) is 4.42 Å². The van der Waals surface area contributed by atoms with Gasteiger partial charge in [-0.15, -0.1) is 0 Å². The maximum absolute atomic E-state index is 7.08. The Bertz CT molecular complexity index is 1660. The quantitative estimate of drug-likeness (QED) is 0.226. The molecule has 0 N–H and O–H groups in total. The lowest BCUT2D eigenvalue weighted by Crippen LogP contribution is -2.31. The van der Waals surface area contributed by atoms with Gasteiger partial charge in [-0.2, -0.15) is 0 Å². The number of furan rings is 1. The predicted molar refractivity (Wildman–Crippen MR) is 155 cm³/mol. The molecule has 0 atom stereocenters. The van der Waals surface area contributed by atoms with Crippen molar-refractivity contribution < 1.29 is 8.98 Å². The molecule has 37 heavy (non-hydrogen) atoms. The van der Waals surface area contributed by atoms with Gasteiger partial charge in [-0.25, -0.2) is 4.57 Å². The van der Waals surface area contributed by atoms with Crippen LogP contribution in [-0.2, 0) is 12.5 Å². The fourth-order valence-electron chi connectivity index (χ4n) is 7.20. The third kappa shape index (κ3) is 3.56. The van der Waals surface area contributed by atoms with Crippen molar-refractivity contribution in [1.82, 2.24) is 0 Å². The summed E-state index contributed by atoms with van der Waals surface area (Å²) in [6, 6.07) is 22.7. The third-order valence-corrected chi connectivity index (χ3v) is 8.28. The molecular formula is C35H38NO+. The highest BCUT2D eigenvalue weighted by Gasteiger charge is 2.46. The molecular weight excluding hydrogens is 450 g/mol. The molecule has 0 fully saturated rings. The van der Waals surface area contributed by atoms with Crippen molar-refractivity contribution in [1.29, 1.82) is 0 Å². The van der Waals surface area contributed by atoms with Gasteiger partial charge >= 0.3 is 0 Å². The van der Waals surface area contributed by atoms with Gasteiger partial charge in [-0.3, -0.25) is 0 Å². The first-order chi connectivity index (χ1) is 17.7. The Labute approximate surface area is 221 Å². The molecule has 0 unspecified atom stereocenters. The molecule has 188 valence electrons. The summed E-state index contributed by atoms with van der Waals surface area (Å²) in [5.41, 5.74) is 12.5. The second-order valence-electron chi connectivity index (χ2n) is 12.1. The van der Waals surface area contributed by atoms with Crippen LogP contribution in [0.4, 0.5) is 0 Å². The minimum Gasteiger partial charge on any atom is -0.455 e. The number of hydrogen-bond donors (Lipinski definition) is 0. The van der Waals surface area contributed by atoms with Gasteiger partial charge in [0.1, 0.15) is 18.2 Å². The fourth-order valence-corrected chi connectivity index (χ4v) is 7.20. The zero-order chi connectivity index (χ0) is 26.1. The molecule has 5 aromatic rings. The van der Waals surface area contributed by atoms with Gasteiger partial charge in [-0.05, 0) is 72.9 Å². The van der Waals surface area contributed by atoms with E-state index in [-0.39, 0.29) is 5.41 Å². The van der Waals surface area contributed by atoms with E-state index in [1.165, 1.54) is 55.4 Å². The third-order valence-electron chi connectivity index (χ3n) is 8.28. The Hall–Kier alpha value is -3.39. The van der Waals surface area contributed by atoms with Gasteiger partial charge < -0.3 is 4.42 Å². The van der Waals surface area contributed by atoms with E-state index in [1.807, 2.05) is 0 Å². The number of pyridine rings is 1. The Kier molecular flexibility index (Phi) is 5.56. The van der Waals surface area contributed by atoms with Crippen LogP contribution in [0.2, 0.25) is 0 Å². The van der Waals surface area contributed by atoms with Gasteiger partial charge in [0.15, 0.2) is 6.20 Å². The van der Waals surface area contributed by atoms with Crippen LogP contribution >= 0.6 is 0 Å². The van der Waals surface area contributed by atoms with Crippen molar-refractivity contribution in [2.75, 3.05) is 0 Å². The number of aryl methyl sites for hydroxylation is 3. The van der Waals surface area contributed by atoms with Gasteiger partial charge in [0.2, 0.25) is 5.69 Å². The van der Waals surface area contributed by atoms with Gasteiger partial charge in [0.25, 0.3) is 0 Å². The normalized spacial score (nSPS) is 14.2. The molecule has 2 heterocycles. The van der Waals surface area contributed by atoms with Crippen LogP contribution in [0.1, 0.15) is 62.8 Å². The molecule has 2 heteroatoms. The van der Waals surface area contributed by atoms with Gasteiger partial charge in [0.05, 0.1) is 5.56 Å². The number of hydrogen-bond acceptors (Lipinski definition) is 1. The summed E-state index contributed by atoms with van der Waals surface area (Å²) in [5, 5.41) is 2.44. The summed E-state index contributed by atoms with van der Waals surface area (Å²) in [6.45, 7) is 13.8. The molecule has 0 spiro atoms. The summed E-state index contributed by atoms with van der Waals surface area (Å²) in [5.74, 6) is 1.14. The smallest absolute Gasteiger partial charge is 0.216 e. The largest absolute Gasteiger partial charge is 0.455 e. The van der Waals surface area contributed by atoms with Crippen molar-refractivity contribution in [2.24, 2.45) is 18.9 Å². The summed E-state index contributed by atoms with van der Waals surface area (Å²) in [7, 11) is 2.13. The Morgan fingerprint density at radius 1 is 0.757 bits per heavy atom. The molecule has 2 aromatic heterocycles. The van der Waals surface area contributed by atoms with E-state index in [0.29, 0.717) is 11.8 Å². The van der Waals surface area contributed by atoms with Gasteiger partial charge in [-0.1, -0.05) is 70.2 Å². The molecule has 0 aliphatic heterocycles. The molecule has 0 saturated heterocycles. The van der Waals surface area contributed by atoms with E-state index >= 15 is 0 Å². The van der Waals surface area contributed by atoms with Crippen LogP contribution in [-0.4, -0.2) is 0 Å². The highest BCUT2D eigenvalue weighted by atomic mass is 16.3. The van der Waals surface area contributed by atoms with Crippen LogP contribution in [0, 0.1) is 25.7 Å².